The third kappa shape index (κ3) is 2.59. The lowest BCUT2D eigenvalue weighted by atomic mass is 9.95. The molecule has 2 aliphatic heterocycles. The van der Waals surface area contributed by atoms with Crippen LogP contribution in [0.3, 0.4) is 0 Å². The lowest BCUT2D eigenvalue weighted by Crippen LogP contribution is -2.57. The van der Waals surface area contributed by atoms with Gasteiger partial charge >= 0.3 is 0 Å². The normalized spacial score (nSPS) is 31.6. The van der Waals surface area contributed by atoms with Crippen molar-refractivity contribution in [3.05, 3.63) is 53.0 Å². The summed E-state index contributed by atoms with van der Waals surface area (Å²) < 4.78 is 13.9. The fraction of sp³-hybridized carbons (Fsp3) is 0.389. The smallest absolute Gasteiger partial charge is 0.181 e. The van der Waals surface area contributed by atoms with Gasteiger partial charge in [0.05, 0.1) is 36.1 Å². The Kier molecular flexibility index (Phi) is 3.83. The first-order valence-corrected chi connectivity index (χ1v) is 9.32. The first-order chi connectivity index (χ1) is 12.3. The van der Waals surface area contributed by atoms with Gasteiger partial charge in [0.15, 0.2) is 6.29 Å². The van der Waals surface area contributed by atoms with E-state index in [4.69, 9.17) is 9.47 Å². The molecule has 6 nitrogen and oxygen atoms in total. The molecule has 5 rings (SSSR count). The number of thiophene rings is 1. The number of aliphatic hydroxyl groups is 1. The summed E-state index contributed by atoms with van der Waals surface area (Å²) >= 11 is 1.70. The number of imidazole rings is 1. The van der Waals surface area contributed by atoms with E-state index in [1.165, 1.54) is 4.88 Å². The van der Waals surface area contributed by atoms with Crippen LogP contribution in [0.25, 0.3) is 11.0 Å². The van der Waals surface area contributed by atoms with Crippen molar-refractivity contribution in [1.82, 2.24) is 14.9 Å². The lowest BCUT2D eigenvalue weighted by Gasteiger charge is -2.39. The Morgan fingerprint density at radius 2 is 2.20 bits per heavy atom. The second-order valence-corrected chi connectivity index (χ2v) is 7.52. The van der Waals surface area contributed by atoms with E-state index in [0.717, 1.165) is 11.0 Å². The number of nitrogens with one attached hydrogen (secondary N) is 1. The molecular weight excluding hydrogens is 338 g/mol. The van der Waals surface area contributed by atoms with E-state index in [9.17, 15) is 5.11 Å². The lowest BCUT2D eigenvalue weighted by molar-refractivity contribution is -0.164. The number of hydrogen-bond donors (Lipinski definition) is 2. The summed E-state index contributed by atoms with van der Waals surface area (Å²) in [7, 11) is 0. The second kappa shape index (κ2) is 6.19. The average Bonchev–Trinajstić information content (AvgIpc) is 3.36. The van der Waals surface area contributed by atoms with Crippen LogP contribution in [0.2, 0.25) is 0 Å². The maximum Gasteiger partial charge on any atom is 0.181 e. The van der Waals surface area contributed by atoms with E-state index < -0.39 is 12.4 Å². The number of rotatable bonds is 4. The number of aliphatic hydroxyl groups excluding tert-OH is 1. The third-order valence-corrected chi connectivity index (χ3v) is 5.90. The van der Waals surface area contributed by atoms with E-state index in [0.29, 0.717) is 13.2 Å². The molecule has 25 heavy (non-hydrogen) atoms. The maximum atomic E-state index is 11.1. The number of fused-ring (bicyclic) bond motifs is 3. The van der Waals surface area contributed by atoms with Crippen LogP contribution in [0.1, 0.15) is 10.9 Å². The molecule has 130 valence electrons. The minimum Gasteiger partial charge on any atom is -0.389 e. The van der Waals surface area contributed by atoms with Crippen molar-refractivity contribution >= 4 is 22.4 Å². The molecule has 0 spiro atoms. The number of nitrogens with zero attached hydrogens (tertiary/aromatic N) is 2. The summed E-state index contributed by atoms with van der Waals surface area (Å²) in [5, 5.41) is 16.6. The largest absolute Gasteiger partial charge is 0.389 e. The van der Waals surface area contributed by atoms with Crippen molar-refractivity contribution in [3.63, 3.8) is 0 Å². The molecule has 5 atom stereocenters. The van der Waals surface area contributed by atoms with E-state index in [1.807, 2.05) is 34.9 Å². The van der Waals surface area contributed by atoms with E-state index in [1.54, 1.807) is 17.7 Å². The van der Waals surface area contributed by atoms with Crippen LogP contribution in [0.5, 0.6) is 0 Å². The molecule has 0 aliphatic carbocycles. The topological polar surface area (TPSA) is 68.5 Å². The highest BCUT2D eigenvalue weighted by Gasteiger charge is 2.51. The summed E-state index contributed by atoms with van der Waals surface area (Å²) in [5.41, 5.74) is 1.87. The van der Waals surface area contributed by atoms with Crippen molar-refractivity contribution in [2.75, 3.05) is 6.61 Å². The SMILES string of the molecule is OC1C(NCc2cccs2)C2COC(O2)C1n1cnc2ccccc21. The minimum atomic E-state index is -0.621. The summed E-state index contributed by atoms with van der Waals surface area (Å²) in [6.07, 6.45) is 0.562. The molecule has 2 aliphatic rings. The zero-order chi connectivity index (χ0) is 16.8. The van der Waals surface area contributed by atoms with E-state index >= 15 is 0 Å². The minimum absolute atomic E-state index is 0.133. The third-order valence-electron chi connectivity index (χ3n) is 5.03. The highest BCUT2D eigenvalue weighted by Crippen LogP contribution is 2.37. The van der Waals surface area contributed by atoms with Crippen LogP contribution in [0.4, 0.5) is 0 Å². The Balaban J connectivity index is 1.45. The molecular formula is C18H19N3O3S. The Bertz CT molecular complexity index is 865. The van der Waals surface area contributed by atoms with Crippen LogP contribution in [0.15, 0.2) is 48.1 Å². The fourth-order valence-electron chi connectivity index (χ4n) is 3.80. The molecule has 0 saturated carbocycles. The fourth-order valence-corrected chi connectivity index (χ4v) is 4.45. The first kappa shape index (κ1) is 15.5. The predicted molar refractivity (Wildman–Crippen MR) is 94.3 cm³/mol. The van der Waals surface area contributed by atoms with E-state index in [-0.39, 0.29) is 18.2 Å². The summed E-state index contributed by atoms with van der Waals surface area (Å²) in [4.78, 5) is 5.68. The van der Waals surface area contributed by atoms with Gasteiger partial charge in [-0.3, -0.25) is 0 Å². The zero-order valence-corrected chi connectivity index (χ0v) is 14.3. The Labute approximate surface area is 149 Å². The van der Waals surface area contributed by atoms with Crippen LogP contribution in [0, 0.1) is 0 Å². The monoisotopic (exact) mass is 357 g/mol. The molecule has 7 heteroatoms. The molecule has 1 aromatic carbocycles. The Morgan fingerprint density at radius 3 is 3.08 bits per heavy atom. The van der Waals surface area contributed by atoms with Gasteiger partial charge in [-0.2, -0.15) is 0 Å². The zero-order valence-electron chi connectivity index (χ0n) is 13.5. The number of benzene rings is 1. The molecule has 3 aromatic rings. The predicted octanol–water partition coefficient (Wildman–Crippen LogP) is 1.91. The van der Waals surface area contributed by atoms with Gasteiger partial charge in [-0.15, -0.1) is 11.3 Å². The van der Waals surface area contributed by atoms with Gasteiger partial charge in [-0.1, -0.05) is 18.2 Å². The molecule has 5 unspecified atom stereocenters. The summed E-state index contributed by atoms with van der Waals surface area (Å²) in [6, 6.07) is 11.5. The number of ether oxygens (including phenoxy) is 2. The molecule has 2 saturated heterocycles. The van der Waals surface area contributed by atoms with E-state index in [2.05, 4.69) is 21.7 Å². The number of hydrogen-bond acceptors (Lipinski definition) is 6. The molecule has 0 radical (unpaired) electrons. The molecule has 2 N–H and O–H groups in total. The molecule has 2 fully saturated rings. The van der Waals surface area contributed by atoms with Gasteiger partial charge in [0.25, 0.3) is 0 Å². The average molecular weight is 357 g/mol. The van der Waals surface area contributed by atoms with Crippen LogP contribution in [-0.2, 0) is 16.0 Å². The van der Waals surface area contributed by atoms with Crippen molar-refractivity contribution < 1.29 is 14.6 Å². The van der Waals surface area contributed by atoms with Crippen LogP contribution < -0.4 is 5.32 Å². The van der Waals surface area contributed by atoms with Crippen LogP contribution in [-0.4, -0.2) is 45.8 Å². The highest BCUT2D eigenvalue weighted by molar-refractivity contribution is 7.09. The quantitative estimate of drug-likeness (QED) is 0.747. The summed E-state index contributed by atoms with van der Waals surface area (Å²) in [6.45, 7) is 1.20. The maximum absolute atomic E-state index is 11.1. The number of para-hydroxylation sites is 2. The van der Waals surface area contributed by atoms with Gasteiger partial charge < -0.3 is 24.5 Å². The summed E-state index contributed by atoms with van der Waals surface area (Å²) in [5.74, 6) is 0. The molecule has 0 amide bonds. The van der Waals surface area contributed by atoms with Gasteiger partial charge in [-0.05, 0) is 23.6 Å². The van der Waals surface area contributed by atoms with Gasteiger partial charge in [0.2, 0.25) is 0 Å². The van der Waals surface area contributed by atoms with Crippen molar-refractivity contribution in [2.24, 2.45) is 0 Å². The Hall–Kier alpha value is -1.77. The molecule has 2 aromatic heterocycles. The number of aromatic nitrogens is 2. The van der Waals surface area contributed by atoms with Crippen molar-refractivity contribution in [2.45, 2.75) is 37.1 Å². The second-order valence-electron chi connectivity index (χ2n) is 6.48. The molecule has 2 bridgehead atoms. The molecule has 4 heterocycles. The highest BCUT2D eigenvalue weighted by atomic mass is 32.1. The van der Waals surface area contributed by atoms with Gasteiger partial charge in [0.1, 0.15) is 12.1 Å². The standard InChI is InChI=1S/C18H19N3O3S/c22-17-15(19-8-11-4-3-7-25-11)14-9-23-18(24-14)16(17)21-10-20-12-5-1-2-6-13(12)21/h1-7,10,14-19,22H,8-9H2. The Morgan fingerprint density at radius 1 is 1.28 bits per heavy atom. The van der Waals surface area contributed by atoms with Crippen molar-refractivity contribution in [1.29, 1.82) is 0 Å². The van der Waals surface area contributed by atoms with Gasteiger partial charge in [0, 0.05) is 11.4 Å². The van der Waals surface area contributed by atoms with Gasteiger partial charge in [-0.25, -0.2) is 4.98 Å². The first-order valence-electron chi connectivity index (χ1n) is 8.44. The van der Waals surface area contributed by atoms with Crippen LogP contribution >= 0.6 is 11.3 Å². The van der Waals surface area contributed by atoms with Crippen molar-refractivity contribution in [3.8, 4) is 0 Å².